The molecule has 2 aliphatic heterocycles. The molecule has 0 unspecified atom stereocenters. The third-order valence-electron chi connectivity index (χ3n) is 7.71. The Morgan fingerprint density at radius 2 is 1.76 bits per heavy atom. The van der Waals surface area contributed by atoms with E-state index in [2.05, 4.69) is 10.0 Å². The molecule has 14 heteroatoms. The molecule has 0 aliphatic carbocycles. The molecule has 3 aromatic carbocycles. The Morgan fingerprint density at radius 1 is 1.07 bits per heavy atom. The van der Waals surface area contributed by atoms with Crippen molar-refractivity contribution in [3.05, 3.63) is 66.2 Å². The molecule has 5 rings (SSSR count). The predicted molar refractivity (Wildman–Crippen MR) is 166 cm³/mol. The molecule has 3 atom stereocenters. The van der Waals surface area contributed by atoms with Crippen LogP contribution in [0, 0.1) is 5.92 Å². The summed E-state index contributed by atoms with van der Waals surface area (Å²) < 4.78 is 50.9. The summed E-state index contributed by atoms with van der Waals surface area (Å²) in [6.45, 7) is 3.86. The van der Waals surface area contributed by atoms with Gasteiger partial charge in [-0.1, -0.05) is 6.92 Å². The van der Waals surface area contributed by atoms with Crippen molar-refractivity contribution in [3.8, 4) is 23.0 Å². The van der Waals surface area contributed by atoms with Gasteiger partial charge in [-0.3, -0.25) is 9.52 Å². The number of ether oxygens (including phenoxy) is 4. The van der Waals surface area contributed by atoms with Gasteiger partial charge in [-0.05, 0) is 61.5 Å². The number of rotatable bonds is 9. The van der Waals surface area contributed by atoms with Gasteiger partial charge in [0.2, 0.25) is 6.79 Å². The van der Waals surface area contributed by atoms with Gasteiger partial charge in [-0.2, -0.15) is 0 Å². The highest BCUT2D eigenvalue weighted by Gasteiger charge is 2.34. The van der Waals surface area contributed by atoms with Crippen molar-refractivity contribution in [2.24, 2.45) is 5.92 Å². The second-order valence-corrected chi connectivity index (χ2v) is 12.7. The van der Waals surface area contributed by atoms with E-state index in [1.807, 2.05) is 6.92 Å². The van der Waals surface area contributed by atoms with E-state index in [-0.39, 0.29) is 60.3 Å². The van der Waals surface area contributed by atoms with Gasteiger partial charge in [-0.25, -0.2) is 13.2 Å². The fourth-order valence-corrected chi connectivity index (χ4v) is 6.07. The average Bonchev–Trinajstić information content (AvgIpc) is 3.50. The van der Waals surface area contributed by atoms with Crippen molar-refractivity contribution < 1.29 is 42.1 Å². The first-order chi connectivity index (χ1) is 21.5. The largest absolute Gasteiger partial charge is 0.497 e. The summed E-state index contributed by atoms with van der Waals surface area (Å²) in [5, 5.41) is 12.8. The van der Waals surface area contributed by atoms with Crippen LogP contribution in [0.25, 0.3) is 0 Å². The molecule has 45 heavy (non-hydrogen) atoms. The van der Waals surface area contributed by atoms with Crippen LogP contribution in [0.2, 0.25) is 0 Å². The molecule has 0 aromatic heterocycles. The number of methoxy groups -OCH3 is 1. The summed E-state index contributed by atoms with van der Waals surface area (Å²) in [6.07, 6.45) is -0.556. The summed E-state index contributed by atoms with van der Waals surface area (Å²) in [5.41, 5.74) is 0.810. The third-order valence-corrected chi connectivity index (χ3v) is 9.11. The van der Waals surface area contributed by atoms with Crippen LogP contribution < -0.4 is 29.0 Å². The number of nitrogens with zero attached hydrogens (tertiary/aromatic N) is 2. The van der Waals surface area contributed by atoms with Crippen molar-refractivity contribution in [1.82, 2.24) is 9.80 Å². The fourth-order valence-electron chi connectivity index (χ4n) is 5.02. The number of aliphatic hydroxyl groups is 1. The van der Waals surface area contributed by atoms with Crippen molar-refractivity contribution in [2.45, 2.75) is 30.9 Å². The Balaban J connectivity index is 1.38. The van der Waals surface area contributed by atoms with Gasteiger partial charge < -0.3 is 39.2 Å². The van der Waals surface area contributed by atoms with Gasteiger partial charge in [0, 0.05) is 37.0 Å². The number of amides is 3. The topological polar surface area (TPSA) is 156 Å². The summed E-state index contributed by atoms with van der Waals surface area (Å²) in [7, 11) is -0.866. The molecule has 2 aliphatic rings. The van der Waals surface area contributed by atoms with Crippen LogP contribution in [0.15, 0.2) is 65.6 Å². The lowest BCUT2D eigenvalue weighted by Crippen LogP contribution is -2.50. The summed E-state index contributed by atoms with van der Waals surface area (Å²) in [4.78, 5) is 29.9. The summed E-state index contributed by atoms with van der Waals surface area (Å²) >= 11 is 0. The monoisotopic (exact) mass is 640 g/mol. The lowest BCUT2D eigenvalue weighted by atomic mass is 9.99. The molecular weight excluding hydrogens is 604 g/mol. The molecule has 3 amide bonds. The SMILES string of the molecule is COc1ccc(S(=O)(=O)Nc2ccc3c(c2)C(=O)N([C@H](C)CO)C[C@@H](C)[C@@H](CN(C)C(=O)Nc2ccc4c(c2)OCO4)O3)cc1. The van der Waals surface area contributed by atoms with E-state index in [9.17, 15) is 23.1 Å². The third kappa shape index (κ3) is 7.02. The van der Waals surface area contributed by atoms with E-state index in [0.717, 1.165) is 0 Å². The molecule has 0 fully saturated rings. The maximum absolute atomic E-state index is 13.8. The number of urea groups is 1. The molecule has 240 valence electrons. The number of sulfonamides is 1. The van der Waals surface area contributed by atoms with Crippen molar-refractivity contribution in [2.75, 3.05) is 50.7 Å². The van der Waals surface area contributed by atoms with E-state index >= 15 is 0 Å². The van der Waals surface area contributed by atoms with Gasteiger partial charge in [-0.15, -0.1) is 0 Å². The quantitative estimate of drug-likeness (QED) is 0.318. The maximum Gasteiger partial charge on any atom is 0.321 e. The number of nitrogens with one attached hydrogen (secondary N) is 2. The fraction of sp³-hybridized carbons (Fsp3) is 0.355. The zero-order chi connectivity index (χ0) is 32.3. The Hall–Kier alpha value is -4.69. The lowest BCUT2D eigenvalue weighted by Gasteiger charge is -2.38. The van der Waals surface area contributed by atoms with Crippen LogP contribution in [0.5, 0.6) is 23.0 Å². The molecule has 3 aromatic rings. The summed E-state index contributed by atoms with van der Waals surface area (Å²) in [6, 6.07) is 14.5. The molecule has 0 radical (unpaired) electrons. The minimum atomic E-state index is -3.98. The van der Waals surface area contributed by atoms with Crippen LogP contribution in [-0.4, -0.2) is 88.1 Å². The standard InChI is InChI=1S/C31H36N4O9S/c1-19-15-35(20(2)17-36)30(37)25-13-22(33-45(39,40)24-9-7-23(41-4)8-10-24)6-11-26(25)44-29(19)16-34(3)31(38)32-21-5-12-27-28(14-21)43-18-42-27/h5-14,19-20,29,33,36H,15-18H2,1-4H3,(H,32,38)/t19-,20-,29-/m1/s1. The van der Waals surface area contributed by atoms with Crippen LogP contribution in [0.1, 0.15) is 24.2 Å². The molecular formula is C31H36N4O9S. The molecule has 0 spiro atoms. The number of carbonyl (C=O) groups is 2. The Bertz CT molecular complexity index is 1670. The predicted octanol–water partition coefficient (Wildman–Crippen LogP) is 3.61. The average molecular weight is 641 g/mol. The number of carbonyl (C=O) groups excluding carboxylic acids is 2. The van der Waals surface area contributed by atoms with E-state index < -0.39 is 28.1 Å². The number of hydrogen-bond acceptors (Lipinski definition) is 9. The van der Waals surface area contributed by atoms with Gasteiger partial charge in [0.25, 0.3) is 15.9 Å². The number of fused-ring (bicyclic) bond motifs is 2. The number of benzene rings is 3. The smallest absolute Gasteiger partial charge is 0.321 e. The van der Waals surface area contributed by atoms with Crippen LogP contribution in [0.3, 0.4) is 0 Å². The number of anilines is 2. The van der Waals surface area contributed by atoms with Crippen molar-refractivity contribution in [3.63, 3.8) is 0 Å². The zero-order valence-corrected chi connectivity index (χ0v) is 26.2. The minimum absolute atomic E-state index is 0.0177. The highest BCUT2D eigenvalue weighted by Crippen LogP contribution is 2.35. The molecule has 0 saturated carbocycles. The van der Waals surface area contributed by atoms with Crippen LogP contribution in [0.4, 0.5) is 16.2 Å². The van der Waals surface area contributed by atoms with Gasteiger partial charge in [0.15, 0.2) is 11.5 Å². The second-order valence-electron chi connectivity index (χ2n) is 11.0. The van der Waals surface area contributed by atoms with E-state index in [1.54, 1.807) is 32.2 Å². The Morgan fingerprint density at radius 3 is 2.47 bits per heavy atom. The van der Waals surface area contributed by atoms with Crippen molar-refractivity contribution >= 4 is 33.3 Å². The molecule has 0 saturated heterocycles. The van der Waals surface area contributed by atoms with Gasteiger partial charge in [0.05, 0.1) is 36.8 Å². The van der Waals surface area contributed by atoms with E-state index in [1.165, 1.54) is 59.4 Å². The first-order valence-electron chi connectivity index (χ1n) is 14.3. The lowest BCUT2D eigenvalue weighted by molar-refractivity contribution is 0.0371. The first-order valence-corrected chi connectivity index (χ1v) is 15.8. The van der Waals surface area contributed by atoms with E-state index in [4.69, 9.17) is 18.9 Å². The molecule has 13 nitrogen and oxygen atoms in total. The Kier molecular flexibility index (Phi) is 9.25. The maximum atomic E-state index is 13.8. The highest BCUT2D eigenvalue weighted by atomic mass is 32.2. The zero-order valence-electron chi connectivity index (χ0n) is 25.3. The normalized spacial score (nSPS) is 18.2. The van der Waals surface area contributed by atoms with Gasteiger partial charge in [0.1, 0.15) is 17.6 Å². The highest BCUT2D eigenvalue weighted by molar-refractivity contribution is 7.92. The van der Waals surface area contributed by atoms with Crippen LogP contribution in [-0.2, 0) is 10.0 Å². The van der Waals surface area contributed by atoms with Gasteiger partial charge >= 0.3 is 6.03 Å². The molecule has 0 bridgehead atoms. The molecule has 3 N–H and O–H groups in total. The number of aliphatic hydroxyl groups excluding tert-OH is 1. The van der Waals surface area contributed by atoms with E-state index in [0.29, 0.717) is 22.9 Å². The minimum Gasteiger partial charge on any atom is -0.497 e. The number of hydrogen-bond donors (Lipinski definition) is 3. The first kappa shape index (κ1) is 31.7. The summed E-state index contributed by atoms with van der Waals surface area (Å²) in [5.74, 6) is 1.21. The van der Waals surface area contributed by atoms with Crippen LogP contribution >= 0.6 is 0 Å². The van der Waals surface area contributed by atoms with Crippen molar-refractivity contribution in [1.29, 1.82) is 0 Å². The number of likely N-dealkylation sites (N-methyl/N-ethyl adjacent to an activating group) is 1. The second kappa shape index (κ2) is 13.1. The Labute approximate surface area is 261 Å². The molecule has 2 heterocycles.